The number of nitrogens with one attached hydrogen (secondary N) is 2. The van der Waals surface area contributed by atoms with Gasteiger partial charge >= 0.3 is 6.09 Å². The molecule has 4 N–H and O–H groups in total. The Hall–Kier alpha value is -2.33. The number of rotatable bonds is 9. The van der Waals surface area contributed by atoms with Gasteiger partial charge in [-0.05, 0) is 57.2 Å². The Morgan fingerprint density at radius 3 is 2.73 bits per heavy atom. The summed E-state index contributed by atoms with van der Waals surface area (Å²) in [7, 11) is -2.89. The minimum atomic E-state index is -2.89. The first-order valence-corrected chi connectivity index (χ1v) is 12.1. The largest absolute Gasteiger partial charge is 0.448 e. The zero-order valence-electron chi connectivity index (χ0n) is 17.5. The Morgan fingerprint density at radius 1 is 1.33 bits per heavy atom. The van der Waals surface area contributed by atoms with E-state index >= 15 is 0 Å². The third kappa shape index (κ3) is 7.17. The van der Waals surface area contributed by atoms with Crippen molar-refractivity contribution in [2.45, 2.75) is 39.5 Å². The first kappa shape index (κ1) is 23.9. The molecule has 1 heterocycles. The normalized spacial score (nSPS) is 15.8. The van der Waals surface area contributed by atoms with E-state index in [9.17, 15) is 9.00 Å². The van der Waals surface area contributed by atoms with Crippen LogP contribution in [-0.2, 0) is 14.5 Å². The van der Waals surface area contributed by atoms with Gasteiger partial charge in [-0.3, -0.25) is 0 Å². The van der Waals surface area contributed by atoms with Crippen molar-refractivity contribution in [1.82, 2.24) is 15.3 Å². The van der Waals surface area contributed by atoms with Crippen molar-refractivity contribution in [2.24, 2.45) is 10.1 Å². The molecule has 0 aliphatic heterocycles. The van der Waals surface area contributed by atoms with Crippen molar-refractivity contribution in [3.8, 4) is 0 Å². The topological polar surface area (TPSA) is 132 Å². The predicted octanol–water partition coefficient (Wildman–Crippen LogP) is 3.32. The van der Waals surface area contributed by atoms with Gasteiger partial charge in [0.25, 0.3) is 0 Å². The molecule has 1 aliphatic carbocycles. The van der Waals surface area contributed by atoms with Gasteiger partial charge in [0.15, 0.2) is 0 Å². The summed E-state index contributed by atoms with van der Waals surface area (Å²) in [4.78, 5) is 20.4. The van der Waals surface area contributed by atoms with Crippen LogP contribution in [0.4, 0.5) is 10.6 Å². The Labute approximate surface area is 182 Å². The van der Waals surface area contributed by atoms with E-state index in [2.05, 4.69) is 25.0 Å². The van der Waals surface area contributed by atoms with Crippen LogP contribution in [0.2, 0.25) is 5.28 Å². The summed E-state index contributed by atoms with van der Waals surface area (Å²) in [5, 5.41) is 6.75. The number of ether oxygens (including phenoxy) is 1. The number of nitrogens with zero attached hydrogens (tertiary/aromatic N) is 3. The van der Waals surface area contributed by atoms with Crippen molar-refractivity contribution < 1.29 is 13.7 Å². The van der Waals surface area contributed by atoms with E-state index < -0.39 is 15.8 Å². The number of aromatic nitrogens is 2. The Bertz CT molecular complexity index is 954. The van der Waals surface area contributed by atoms with Gasteiger partial charge in [0.2, 0.25) is 5.28 Å². The second-order valence-corrected chi connectivity index (χ2v) is 9.50. The zero-order valence-corrected chi connectivity index (χ0v) is 19.1. The summed E-state index contributed by atoms with van der Waals surface area (Å²) in [6, 6.07) is 0. The molecule has 0 spiro atoms. The van der Waals surface area contributed by atoms with E-state index in [4.69, 9.17) is 22.1 Å². The first-order chi connectivity index (χ1) is 14.2. The van der Waals surface area contributed by atoms with Crippen LogP contribution in [0.5, 0.6) is 0 Å². The summed E-state index contributed by atoms with van der Waals surface area (Å²) >= 11 is 5.82. The molecule has 0 saturated carbocycles. The lowest BCUT2D eigenvalue weighted by Crippen LogP contribution is -2.23. The van der Waals surface area contributed by atoms with E-state index in [0.717, 1.165) is 30.8 Å². The van der Waals surface area contributed by atoms with E-state index in [1.165, 1.54) is 6.26 Å². The van der Waals surface area contributed by atoms with Crippen LogP contribution < -0.4 is 16.4 Å². The van der Waals surface area contributed by atoms with Crippen molar-refractivity contribution in [1.29, 1.82) is 0 Å². The summed E-state index contributed by atoms with van der Waals surface area (Å²) in [5.41, 5.74) is 8.26. The van der Waals surface area contributed by atoms with Crippen molar-refractivity contribution in [3.63, 3.8) is 0 Å². The van der Waals surface area contributed by atoms with Gasteiger partial charge in [0, 0.05) is 47.4 Å². The van der Waals surface area contributed by atoms with Crippen LogP contribution in [-0.4, -0.2) is 46.2 Å². The Morgan fingerprint density at radius 2 is 2.03 bits per heavy atom. The fourth-order valence-electron chi connectivity index (χ4n) is 2.90. The number of hydrogen-bond acceptors (Lipinski definition) is 8. The number of amides is 1. The van der Waals surface area contributed by atoms with E-state index in [1.54, 1.807) is 19.2 Å². The second kappa shape index (κ2) is 11.2. The third-order valence-electron chi connectivity index (χ3n) is 4.40. The third-order valence-corrected chi connectivity index (χ3v) is 6.42. The predicted molar refractivity (Wildman–Crippen MR) is 120 cm³/mol. The first-order valence-electron chi connectivity index (χ1n) is 9.78. The Kier molecular flexibility index (Phi) is 8.91. The molecule has 166 valence electrons. The van der Waals surface area contributed by atoms with Gasteiger partial charge in [0.1, 0.15) is 5.82 Å². The summed E-state index contributed by atoms with van der Waals surface area (Å²) in [5.74, 6) is 0.724. The van der Waals surface area contributed by atoms with Crippen LogP contribution in [0.3, 0.4) is 0 Å². The highest BCUT2D eigenvalue weighted by molar-refractivity contribution is 7.97. The lowest BCUT2D eigenvalue weighted by atomic mass is 10.1. The van der Waals surface area contributed by atoms with E-state index in [1.807, 2.05) is 6.92 Å². The smallest absolute Gasteiger partial charge is 0.442 e. The summed E-state index contributed by atoms with van der Waals surface area (Å²) in [6.45, 7) is 5.16. The fourth-order valence-corrected chi connectivity index (χ4v) is 4.50. The maximum atomic E-state index is 13.0. The summed E-state index contributed by atoms with van der Waals surface area (Å²) < 4.78 is 21.6. The molecular weight excluding hydrogens is 428 g/mol. The molecule has 2 rings (SSSR count). The maximum Gasteiger partial charge on any atom is 0.442 e. The lowest BCUT2D eigenvalue weighted by molar-refractivity contribution is 0.164. The highest BCUT2D eigenvalue weighted by Gasteiger charge is 2.21. The van der Waals surface area contributed by atoms with Crippen molar-refractivity contribution in [2.75, 3.05) is 31.3 Å². The fraction of sp³-hybridized carbons (Fsp3) is 0.526. The van der Waals surface area contributed by atoms with Gasteiger partial charge in [-0.15, -0.1) is 4.36 Å². The molecular formula is C19H29ClN6O3S. The van der Waals surface area contributed by atoms with Crippen LogP contribution >= 0.6 is 11.6 Å². The molecule has 0 fully saturated rings. The zero-order chi connectivity index (χ0) is 22.1. The minimum Gasteiger partial charge on any atom is -0.448 e. The number of aryl methyl sites for hydroxylation is 1. The molecule has 0 radical (unpaired) electrons. The maximum absolute atomic E-state index is 13.0. The quantitative estimate of drug-likeness (QED) is 0.380. The van der Waals surface area contributed by atoms with Gasteiger partial charge in [-0.25, -0.2) is 19.0 Å². The van der Waals surface area contributed by atoms with Crippen LogP contribution in [0.1, 0.15) is 38.2 Å². The monoisotopic (exact) mass is 456 g/mol. The van der Waals surface area contributed by atoms with Gasteiger partial charge < -0.3 is 21.1 Å². The van der Waals surface area contributed by atoms with Crippen LogP contribution in [0.25, 0.3) is 0 Å². The number of hydrogen-bond donors (Lipinski definition) is 3. The number of halogens is 1. The lowest BCUT2D eigenvalue weighted by Gasteiger charge is -2.20. The molecule has 1 amide bonds. The highest BCUT2D eigenvalue weighted by atomic mass is 35.5. The standard InChI is InChI=1S/C19H29ClN6O3S/c1-4-29-19(27)26-30(3,28)16-8-7-14(21)11-15(16)22-9-5-6-10-23-17-13(2)12-24-18(20)25-17/h11-12,22H,4-10,21H2,1-3H3,(H,23,24,25). The van der Waals surface area contributed by atoms with Gasteiger partial charge in [-0.1, -0.05) is 0 Å². The second-order valence-electron chi connectivity index (χ2n) is 6.88. The number of nitrogens with two attached hydrogens (primary N) is 1. The molecule has 0 saturated heterocycles. The SMILES string of the molecule is CCOC(=O)N=S(C)(=O)C1=C(NCCCCNc2nc(Cl)ncc2C)C=C(N)CC1. The average Bonchev–Trinajstić information content (AvgIpc) is 2.66. The van der Waals surface area contributed by atoms with E-state index in [-0.39, 0.29) is 11.9 Å². The van der Waals surface area contributed by atoms with E-state index in [0.29, 0.717) is 35.7 Å². The number of unbranched alkanes of at least 4 members (excludes halogenated alkanes) is 1. The molecule has 11 heteroatoms. The number of anilines is 1. The molecule has 9 nitrogen and oxygen atoms in total. The molecule has 1 aliphatic rings. The Balaban J connectivity index is 1.94. The van der Waals surface area contributed by atoms with Gasteiger partial charge in [-0.2, -0.15) is 0 Å². The van der Waals surface area contributed by atoms with Crippen LogP contribution in [0.15, 0.2) is 32.9 Å². The van der Waals surface area contributed by atoms with Crippen molar-refractivity contribution >= 4 is 33.2 Å². The molecule has 0 aromatic carbocycles. The number of carbonyl (C=O) groups is 1. The minimum absolute atomic E-state index is 0.184. The van der Waals surface area contributed by atoms with Crippen molar-refractivity contribution in [3.05, 3.63) is 39.4 Å². The molecule has 1 atom stereocenters. The number of allylic oxidation sites excluding steroid dienone is 3. The molecule has 30 heavy (non-hydrogen) atoms. The molecule has 1 aromatic rings. The van der Waals surface area contributed by atoms with Crippen LogP contribution in [0, 0.1) is 6.92 Å². The summed E-state index contributed by atoms with van der Waals surface area (Å²) in [6.07, 6.45) is 6.89. The number of carbonyl (C=O) groups excluding carboxylic acids is 1. The van der Waals surface area contributed by atoms with Gasteiger partial charge in [0.05, 0.1) is 16.3 Å². The molecule has 0 bridgehead atoms. The molecule has 1 aromatic heterocycles. The molecule has 1 unspecified atom stereocenters. The highest BCUT2D eigenvalue weighted by Crippen LogP contribution is 2.26. The average molecular weight is 457 g/mol.